The van der Waals surface area contributed by atoms with Gasteiger partial charge in [-0.3, -0.25) is 4.55 Å². The number of hydrogen-bond acceptors (Lipinski definition) is 5. The van der Waals surface area contributed by atoms with Crippen molar-refractivity contribution >= 4 is 10.1 Å². The van der Waals surface area contributed by atoms with Gasteiger partial charge in [0.05, 0.1) is 19.0 Å². The van der Waals surface area contributed by atoms with Gasteiger partial charge in [-0.1, -0.05) is 12.1 Å². The van der Waals surface area contributed by atoms with Crippen molar-refractivity contribution in [1.82, 2.24) is 5.32 Å². The predicted octanol–water partition coefficient (Wildman–Crippen LogP) is 1.37. The molecule has 0 aliphatic heterocycles. The minimum atomic E-state index is -3.94. The van der Waals surface area contributed by atoms with Crippen molar-refractivity contribution < 1.29 is 22.8 Å². The molecular formula is C14H23NO5S. The highest BCUT2D eigenvalue weighted by Crippen LogP contribution is 2.27. The van der Waals surface area contributed by atoms with Crippen molar-refractivity contribution in [3.8, 4) is 5.75 Å². The van der Waals surface area contributed by atoms with Crippen molar-refractivity contribution in [2.24, 2.45) is 0 Å². The van der Waals surface area contributed by atoms with Crippen molar-refractivity contribution in [2.75, 3.05) is 19.4 Å². The summed E-state index contributed by atoms with van der Waals surface area (Å²) < 4.78 is 35.1. The molecule has 1 aromatic rings. The zero-order valence-corrected chi connectivity index (χ0v) is 13.4. The number of hydrogen-bond donors (Lipinski definition) is 3. The summed E-state index contributed by atoms with van der Waals surface area (Å²) in [6.45, 7) is 4.02. The van der Waals surface area contributed by atoms with E-state index in [1.807, 2.05) is 13.8 Å². The van der Waals surface area contributed by atoms with Gasteiger partial charge in [0.15, 0.2) is 0 Å². The van der Waals surface area contributed by atoms with Crippen LogP contribution < -0.4 is 10.1 Å². The summed E-state index contributed by atoms with van der Waals surface area (Å²) in [6.07, 6.45) is -0.508. The van der Waals surface area contributed by atoms with Crippen LogP contribution in [0.5, 0.6) is 5.75 Å². The van der Waals surface area contributed by atoms with Gasteiger partial charge in [0.1, 0.15) is 5.75 Å². The normalized spacial score (nSPS) is 14.0. The molecule has 0 amide bonds. The monoisotopic (exact) mass is 317 g/mol. The van der Waals surface area contributed by atoms with Crippen LogP contribution >= 0.6 is 0 Å². The molecule has 1 aromatic carbocycles. The van der Waals surface area contributed by atoms with Crippen LogP contribution in [0.2, 0.25) is 0 Å². The lowest BCUT2D eigenvalue weighted by Crippen LogP contribution is -2.45. The molecule has 0 aromatic heterocycles. The van der Waals surface area contributed by atoms with Crippen LogP contribution in [0.15, 0.2) is 24.3 Å². The zero-order valence-electron chi connectivity index (χ0n) is 12.5. The molecule has 7 heteroatoms. The van der Waals surface area contributed by atoms with E-state index in [9.17, 15) is 13.5 Å². The summed E-state index contributed by atoms with van der Waals surface area (Å²) in [4.78, 5) is 0. The van der Waals surface area contributed by atoms with E-state index >= 15 is 0 Å². The second-order valence-corrected chi connectivity index (χ2v) is 7.04. The van der Waals surface area contributed by atoms with Gasteiger partial charge in [-0.25, -0.2) is 0 Å². The highest BCUT2D eigenvalue weighted by atomic mass is 32.2. The Hall–Kier alpha value is -1.15. The van der Waals surface area contributed by atoms with Crippen LogP contribution in [0.1, 0.15) is 31.9 Å². The minimum absolute atomic E-state index is 0.271. The largest absolute Gasteiger partial charge is 0.497 e. The molecular weight excluding hydrogens is 294 g/mol. The highest BCUT2D eigenvalue weighted by molar-refractivity contribution is 7.85. The number of aliphatic hydroxyl groups is 1. The summed E-state index contributed by atoms with van der Waals surface area (Å²) in [5, 5.41) is 13.5. The number of benzene rings is 1. The third-order valence-electron chi connectivity index (χ3n) is 3.25. The van der Waals surface area contributed by atoms with Crippen LogP contribution in [0, 0.1) is 0 Å². The van der Waals surface area contributed by atoms with E-state index in [2.05, 4.69) is 5.32 Å². The number of rotatable bonds is 8. The lowest BCUT2D eigenvalue weighted by atomic mass is 9.91. The van der Waals surface area contributed by atoms with Crippen LogP contribution in [0.4, 0.5) is 0 Å². The Kier molecular flexibility index (Phi) is 6.15. The molecule has 21 heavy (non-hydrogen) atoms. The molecule has 0 saturated carbocycles. The Morgan fingerprint density at radius 2 is 2.05 bits per heavy atom. The highest BCUT2D eigenvalue weighted by Gasteiger charge is 2.28. The van der Waals surface area contributed by atoms with Crippen molar-refractivity contribution in [3.63, 3.8) is 0 Å². The molecule has 3 N–H and O–H groups in total. The first kappa shape index (κ1) is 17.9. The second kappa shape index (κ2) is 7.22. The van der Waals surface area contributed by atoms with E-state index in [1.54, 1.807) is 31.4 Å². The fourth-order valence-corrected chi connectivity index (χ4v) is 2.50. The van der Waals surface area contributed by atoms with Gasteiger partial charge >= 0.3 is 0 Å². The molecule has 0 spiro atoms. The third-order valence-corrected chi connectivity index (χ3v) is 4.06. The van der Waals surface area contributed by atoms with E-state index in [1.165, 1.54) is 0 Å². The van der Waals surface area contributed by atoms with Gasteiger partial charge in [-0.05, 0) is 44.5 Å². The van der Waals surface area contributed by atoms with Crippen LogP contribution in [-0.2, 0) is 10.1 Å². The number of methoxy groups -OCH3 is 1. The standard InChI is InChI=1S/C14H23NO5S/c1-14(2,15-8-5-9-21(17,18)19)13(16)11-6-4-7-12(10-11)20-3/h4,6-7,10,13,15-16H,5,8-9H2,1-3H3,(H,17,18,19). The smallest absolute Gasteiger partial charge is 0.264 e. The zero-order chi connectivity index (χ0) is 16.1. The molecule has 0 fully saturated rings. The third kappa shape index (κ3) is 6.01. The summed E-state index contributed by atoms with van der Waals surface area (Å²) >= 11 is 0. The number of aliphatic hydroxyl groups excluding tert-OH is 1. The maximum absolute atomic E-state index is 10.6. The predicted molar refractivity (Wildman–Crippen MR) is 81.1 cm³/mol. The van der Waals surface area contributed by atoms with Gasteiger partial charge in [-0.2, -0.15) is 8.42 Å². The lowest BCUT2D eigenvalue weighted by Gasteiger charge is -2.32. The first-order valence-electron chi connectivity index (χ1n) is 6.68. The molecule has 1 unspecified atom stereocenters. The molecule has 1 atom stereocenters. The van der Waals surface area contributed by atoms with E-state index in [0.29, 0.717) is 17.9 Å². The molecule has 1 rings (SSSR count). The molecule has 0 aliphatic rings. The van der Waals surface area contributed by atoms with E-state index in [-0.39, 0.29) is 12.2 Å². The Morgan fingerprint density at radius 1 is 1.38 bits per heavy atom. The lowest BCUT2D eigenvalue weighted by molar-refractivity contribution is 0.0804. The van der Waals surface area contributed by atoms with Crippen molar-refractivity contribution in [2.45, 2.75) is 31.9 Å². The Balaban J connectivity index is 2.63. The Labute approximate surface area is 125 Å². The molecule has 0 heterocycles. The van der Waals surface area contributed by atoms with Crippen LogP contribution in [-0.4, -0.2) is 43.0 Å². The average Bonchev–Trinajstić information content (AvgIpc) is 2.42. The molecule has 0 aliphatic carbocycles. The summed E-state index contributed by atoms with van der Waals surface area (Å²) in [6, 6.07) is 7.15. The van der Waals surface area contributed by atoms with Gasteiger partial charge in [0.25, 0.3) is 10.1 Å². The minimum Gasteiger partial charge on any atom is -0.497 e. The van der Waals surface area contributed by atoms with Crippen LogP contribution in [0.25, 0.3) is 0 Å². The molecule has 0 saturated heterocycles. The molecule has 6 nitrogen and oxygen atoms in total. The van der Waals surface area contributed by atoms with Crippen molar-refractivity contribution in [3.05, 3.63) is 29.8 Å². The maximum Gasteiger partial charge on any atom is 0.264 e. The maximum atomic E-state index is 10.6. The van der Waals surface area contributed by atoms with Gasteiger partial charge < -0.3 is 15.2 Å². The van der Waals surface area contributed by atoms with Gasteiger partial charge in [-0.15, -0.1) is 0 Å². The first-order chi connectivity index (χ1) is 9.65. The number of ether oxygens (including phenoxy) is 1. The van der Waals surface area contributed by atoms with E-state index in [4.69, 9.17) is 9.29 Å². The number of nitrogens with one attached hydrogen (secondary N) is 1. The Morgan fingerprint density at radius 3 is 2.62 bits per heavy atom. The SMILES string of the molecule is COc1cccc(C(O)C(C)(C)NCCCS(=O)(=O)O)c1. The molecule has 0 bridgehead atoms. The summed E-state index contributed by atoms with van der Waals surface area (Å²) in [5.41, 5.74) is 0.0626. The fourth-order valence-electron chi connectivity index (χ4n) is 1.99. The molecule has 0 radical (unpaired) electrons. The molecule has 120 valence electrons. The topological polar surface area (TPSA) is 95.9 Å². The van der Waals surface area contributed by atoms with Gasteiger partial charge in [0, 0.05) is 5.54 Å². The Bertz CT molecular complexity index is 556. The summed E-state index contributed by atoms with van der Waals surface area (Å²) in [5.74, 6) is 0.361. The van der Waals surface area contributed by atoms with Crippen LogP contribution in [0.3, 0.4) is 0 Å². The quantitative estimate of drug-likeness (QED) is 0.495. The van der Waals surface area contributed by atoms with E-state index < -0.39 is 21.8 Å². The second-order valence-electron chi connectivity index (χ2n) is 5.47. The van der Waals surface area contributed by atoms with Crippen molar-refractivity contribution in [1.29, 1.82) is 0 Å². The van der Waals surface area contributed by atoms with E-state index in [0.717, 1.165) is 0 Å². The summed E-state index contributed by atoms with van der Waals surface area (Å²) in [7, 11) is -2.38. The first-order valence-corrected chi connectivity index (χ1v) is 8.29. The fraction of sp³-hybridized carbons (Fsp3) is 0.571. The van der Waals surface area contributed by atoms with Gasteiger partial charge in [0.2, 0.25) is 0 Å². The average molecular weight is 317 g/mol.